The first-order valence-corrected chi connectivity index (χ1v) is 15.0. The summed E-state index contributed by atoms with van der Waals surface area (Å²) in [4.78, 5) is 11.8. The SMILES string of the molecule is CC(=O)c1cc2c(c(Cl)c1C)OC(C)(C)C=C2C(C)C.c1ccc(P(c2ccccc2)c2ccccc2)cc1. The van der Waals surface area contributed by atoms with Gasteiger partial charge >= 0.3 is 0 Å². The van der Waals surface area contributed by atoms with Gasteiger partial charge in [0.2, 0.25) is 0 Å². The Balaban J connectivity index is 0.000000181. The summed E-state index contributed by atoms with van der Waals surface area (Å²) < 4.78 is 6.03. The Hall–Kier alpha value is -3.19. The van der Waals surface area contributed by atoms with Crippen LogP contribution < -0.4 is 20.7 Å². The average Bonchev–Trinajstić information content (AvgIpc) is 2.92. The van der Waals surface area contributed by atoms with Crippen molar-refractivity contribution in [3.05, 3.63) is 125 Å². The Kier molecular flexibility index (Phi) is 9.11. The highest BCUT2D eigenvalue weighted by Gasteiger charge is 2.31. The third-order valence-electron chi connectivity index (χ3n) is 6.69. The predicted octanol–water partition coefficient (Wildman–Crippen LogP) is 8.51. The number of allylic oxidation sites excluding steroid dienone is 1. The van der Waals surface area contributed by atoms with Crippen LogP contribution in [-0.4, -0.2) is 11.4 Å². The van der Waals surface area contributed by atoms with E-state index in [-0.39, 0.29) is 11.4 Å². The van der Waals surface area contributed by atoms with Crippen molar-refractivity contribution >= 4 is 46.8 Å². The molecule has 4 aromatic rings. The fourth-order valence-electron chi connectivity index (χ4n) is 4.81. The number of carbonyl (C=O) groups is 1. The number of rotatable bonds is 5. The maximum atomic E-state index is 11.8. The van der Waals surface area contributed by atoms with E-state index in [4.69, 9.17) is 16.3 Å². The van der Waals surface area contributed by atoms with Crippen molar-refractivity contribution < 1.29 is 9.53 Å². The summed E-state index contributed by atoms with van der Waals surface area (Å²) in [6, 6.07) is 34.2. The van der Waals surface area contributed by atoms with Crippen molar-refractivity contribution in [2.45, 2.75) is 47.1 Å². The summed E-state index contributed by atoms with van der Waals surface area (Å²) in [5.41, 5.74) is 3.20. The molecule has 1 heterocycles. The smallest absolute Gasteiger partial charge is 0.160 e. The second-order valence-corrected chi connectivity index (χ2v) is 13.2. The first-order chi connectivity index (χ1) is 18.6. The average molecular weight is 555 g/mol. The summed E-state index contributed by atoms with van der Waals surface area (Å²) in [5, 5.41) is 4.74. The number of ketones is 1. The van der Waals surface area contributed by atoms with Crippen molar-refractivity contribution in [2.24, 2.45) is 5.92 Å². The van der Waals surface area contributed by atoms with Crippen molar-refractivity contribution in [3.63, 3.8) is 0 Å². The molecule has 39 heavy (non-hydrogen) atoms. The van der Waals surface area contributed by atoms with Crippen LogP contribution >= 0.6 is 19.5 Å². The molecule has 0 spiro atoms. The van der Waals surface area contributed by atoms with Gasteiger partial charge in [-0.3, -0.25) is 4.79 Å². The minimum absolute atomic E-state index is 0.0279. The monoisotopic (exact) mass is 554 g/mol. The number of benzene rings is 4. The highest BCUT2D eigenvalue weighted by Crippen LogP contribution is 2.45. The molecule has 1 aliphatic rings. The lowest BCUT2D eigenvalue weighted by Gasteiger charge is -2.34. The van der Waals surface area contributed by atoms with Gasteiger partial charge in [0.15, 0.2) is 5.78 Å². The van der Waals surface area contributed by atoms with E-state index in [1.807, 2.05) is 26.8 Å². The van der Waals surface area contributed by atoms with Gasteiger partial charge in [-0.05, 0) is 80.7 Å². The van der Waals surface area contributed by atoms with Gasteiger partial charge in [-0.15, -0.1) is 0 Å². The lowest BCUT2D eigenvalue weighted by molar-refractivity contribution is 0.101. The number of hydrogen-bond donors (Lipinski definition) is 0. The Morgan fingerprint density at radius 3 is 1.64 bits per heavy atom. The van der Waals surface area contributed by atoms with Crippen molar-refractivity contribution in [3.8, 4) is 5.75 Å². The molecule has 4 aromatic carbocycles. The number of Topliss-reactive ketones (excluding diaryl/α,β-unsaturated/α-hetero) is 1. The molecule has 0 fully saturated rings. The van der Waals surface area contributed by atoms with Gasteiger partial charge in [0, 0.05) is 11.1 Å². The first-order valence-electron chi connectivity index (χ1n) is 13.3. The van der Waals surface area contributed by atoms with Gasteiger partial charge < -0.3 is 4.74 Å². The van der Waals surface area contributed by atoms with E-state index in [2.05, 4.69) is 111 Å². The molecule has 1 aliphatic heterocycles. The van der Waals surface area contributed by atoms with E-state index in [1.54, 1.807) is 6.92 Å². The fraction of sp³-hybridized carbons (Fsp3) is 0.229. The number of hydrogen-bond acceptors (Lipinski definition) is 2. The van der Waals surface area contributed by atoms with E-state index in [1.165, 1.54) is 21.5 Å². The van der Waals surface area contributed by atoms with E-state index >= 15 is 0 Å². The second kappa shape index (κ2) is 12.3. The van der Waals surface area contributed by atoms with Crippen LogP contribution in [0.5, 0.6) is 5.75 Å². The zero-order valence-corrected chi connectivity index (χ0v) is 25.2. The first kappa shape index (κ1) is 28.8. The molecule has 0 N–H and O–H groups in total. The van der Waals surface area contributed by atoms with Crippen LogP contribution in [0.2, 0.25) is 5.02 Å². The molecule has 0 saturated heterocycles. The van der Waals surface area contributed by atoms with E-state index in [0.717, 1.165) is 11.1 Å². The van der Waals surface area contributed by atoms with Crippen molar-refractivity contribution in [1.82, 2.24) is 0 Å². The van der Waals surface area contributed by atoms with Crippen LogP contribution in [0.15, 0.2) is 103 Å². The number of carbonyl (C=O) groups excluding carboxylic acids is 1. The normalized spacial score (nSPS) is 13.6. The zero-order chi connectivity index (χ0) is 28.2. The van der Waals surface area contributed by atoms with Gasteiger partial charge in [-0.25, -0.2) is 0 Å². The molecular weight excluding hydrogens is 519 g/mol. The molecule has 0 atom stereocenters. The maximum absolute atomic E-state index is 11.8. The van der Waals surface area contributed by atoms with Crippen LogP contribution in [0.3, 0.4) is 0 Å². The third kappa shape index (κ3) is 6.70. The van der Waals surface area contributed by atoms with E-state index in [0.29, 0.717) is 22.3 Å². The molecule has 0 saturated carbocycles. The molecular formula is C35H36ClO2P. The number of ether oxygens (including phenoxy) is 1. The predicted molar refractivity (Wildman–Crippen MR) is 169 cm³/mol. The lowest BCUT2D eigenvalue weighted by atomic mass is 9.86. The Morgan fingerprint density at radius 1 is 0.821 bits per heavy atom. The van der Waals surface area contributed by atoms with Crippen molar-refractivity contribution in [1.29, 1.82) is 0 Å². The second-order valence-electron chi connectivity index (χ2n) is 10.6. The van der Waals surface area contributed by atoms with Gasteiger partial charge in [0.1, 0.15) is 11.4 Å². The van der Waals surface area contributed by atoms with E-state index < -0.39 is 7.92 Å². The maximum Gasteiger partial charge on any atom is 0.160 e. The molecule has 5 rings (SSSR count). The largest absolute Gasteiger partial charge is 0.482 e. The Labute approximate surface area is 239 Å². The molecule has 4 heteroatoms. The minimum Gasteiger partial charge on any atom is -0.482 e. The topological polar surface area (TPSA) is 26.3 Å². The van der Waals surface area contributed by atoms with Crippen LogP contribution in [0.25, 0.3) is 5.57 Å². The summed E-state index contributed by atoms with van der Waals surface area (Å²) in [6.07, 6.45) is 2.12. The van der Waals surface area contributed by atoms with Crippen LogP contribution in [0.4, 0.5) is 0 Å². The van der Waals surface area contributed by atoms with Gasteiger partial charge in [-0.1, -0.05) is 116 Å². The molecule has 2 nitrogen and oxygen atoms in total. The molecule has 0 bridgehead atoms. The summed E-state index contributed by atoms with van der Waals surface area (Å²) in [7, 11) is -0.446. The molecule has 200 valence electrons. The van der Waals surface area contributed by atoms with Crippen molar-refractivity contribution in [2.75, 3.05) is 0 Å². The Bertz CT molecular complexity index is 1370. The quantitative estimate of drug-likeness (QED) is 0.182. The minimum atomic E-state index is -0.446. The number of fused-ring (bicyclic) bond motifs is 1. The summed E-state index contributed by atoms with van der Waals surface area (Å²) >= 11 is 6.45. The number of halogens is 1. The van der Waals surface area contributed by atoms with Gasteiger partial charge in [0.25, 0.3) is 0 Å². The lowest BCUT2D eigenvalue weighted by Crippen LogP contribution is -2.30. The third-order valence-corrected chi connectivity index (χ3v) is 9.59. The standard InChI is InChI=1S/C18H15P.C17H21ClO2/c1-4-10-16(11-5-1)19(17-12-6-2-7-13-17)18-14-8-3-9-15-18;1-9(2)14-8-17(5,6)20-16-13(14)7-12(11(4)19)10(3)15(16)18/h1-15H;7-9H,1-6H3. The highest BCUT2D eigenvalue weighted by atomic mass is 35.5. The summed E-state index contributed by atoms with van der Waals surface area (Å²) in [6.45, 7) is 11.7. The van der Waals surface area contributed by atoms with Crippen LogP contribution in [0.1, 0.15) is 56.1 Å². The van der Waals surface area contributed by atoms with Crippen LogP contribution in [-0.2, 0) is 0 Å². The van der Waals surface area contributed by atoms with Gasteiger partial charge in [-0.2, -0.15) is 0 Å². The molecule has 0 aromatic heterocycles. The fourth-order valence-corrected chi connectivity index (χ4v) is 7.35. The molecule has 0 aliphatic carbocycles. The molecule has 0 amide bonds. The van der Waals surface area contributed by atoms with Gasteiger partial charge in [0.05, 0.1) is 5.02 Å². The Morgan fingerprint density at radius 2 is 1.26 bits per heavy atom. The van der Waals surface area contributed by atoms with Crippen LogP contribution in [0, 0.1) is 12.8 Å². The molecule has 0 radical (unpaired) electrons. The molecule has 0 unspecified atom stereocenters. The zero-order valence-electron chi connectivity index (χ0n) is 23.5. The highest BCUT2D eigenvalue weighted by molar-refractivity contribution is 7.79. The van der Waals surface area contributed by atoms with E-state index in [9.17, 15) is 4.79 Å². The summed E-state index contributed by atoms with van der Waals surface area (Å²) in [5.74, 6) is 1.07.